The first-order valence-electron chi connectivity index (χ1n) is 4.46. The normalized spacial score (nSPS) is 16.2. The number of ether oxygens (including phenoxy) is 1. The van der Waals surface area contributed by atoms with Crippen LogP contribution in [0.1, 0.15) is 29.9 Å². The molecule has 1 heteroatoms. The highest BCUT2D eigenvalue weighted by molar-refractivity contribution is 5.42. The molecule has 0 amide bonds. The molecule has 0 heterocycles. The van der Waals surface area contributed by atoms with E-state index in [0.29, 0.717) is 0 Å². The van der Waals surface area contributed by atoms with Gasteiger partial charge in [-0.05, 0) is 42.9 Å². The van der Waals surface area contributed by atoms with Crippen molar-refractivity contribution in [2.45, 2.75) is 25.7 Å². The van der Waals surface area contributed by atoms with E-state index in [1.165, 1.54) is 24.0 Å². The second-order valence-corrected chi connectivity index (χ2v) is 3.45. The number of hydrogen-bond donors (Lipinski definition) is 0. The summed E-state index contributed by atoms with van der Waals surface area (Å²) >= 11 is 0. The van der Waals surface area contributed by atoms with E-state index < -0.39 is 0 Å². The van der Waals surface area contributed by atoms with Gasteiger partial charge in [0.1, 0.15) is 5.75 Å². The van der Waals surface area contributed by atoms with Gasteiger partial charge in [-0.2, -0.15) is 0 Å². The molecule has 0 spiro atoms. The van der Waals surface area contributed by atoms with Gasteiger partial charge in [-0.15, -0.1) is 0 Å². The molecule has 12 heavy (non-hydrogen) atoms. The van der Waals surface area contributed by atoms with Crippen molar-refractivity contribution in [3.05, 3.63) is 29.3 Å². The van der Waals surface area contributed by atoms with Crippen molar-refractivity contribution >= 4 is 0 Å². The SMILES string of the molecule is COc1cccc(C2CC2)c1C. The van der Waals surface area contributed by atoms with Crippen LogP contribution in [0.4, 0.5) is 0 Å². The molecule has 1 fully saturated rings. The molecule has 64 valence electrons. The molecule has 1 nitrogen and oxygen atoms in total. The van der Waals surface area contributed by atoms with E-state index in [2.05, 4.69) is 19.1 Å². The zero-order chi connectivity index (χ0) is 8.55. The summed E-state index contributed by atoms with van der Waals surface area (Å²) in [6.45, 7) is 2.15. The Balaban J connectivity index is 2.40. The Morgan fingerprint density at radius 1 is 1.33 bits per heavy atom. The zero-order valence-electron chi connectivity index (χ0n) is 7.63. The lowest BCUT2D eigenvalue weighted by atomic mass is 10.0. The molecule has 0 atom stereocenters. The fraction of sp³-hybridized carbons (Fsp3) is 0.455. The minimum atomic E-state index is 0.820. The van der Waals surface area contributed by atoms with Crippen LogP contribution in [-0.4, -0.2) is 7.11 Å². The van der Waals surface area contributed by atoms with Crippen LogP contribution >= 0.6 is 0 Å². The highest BCUT2D eigenvalue weighted by Gasteiger charge is 2.25. The summed E-state index contributed by atoms with van der Waals surface area (Å²) in [6.07, 6.45) is 2.71. The molecule has 1 aliphatic carbocycles. The van der Waals surface area contributed by atoms with E-state index in [9.17, 15) is 0 Å². The fourth-order valence-corrected chi connectivity index (χ4v) is 1.69. The van der Waals surface area contributed by atoms with Crippen LogP contribution in [0.2, 0.25) is 0 Å². The van der Waals surface area contributed by atoms with Gasteiger partial charge in [0.2, 0.25) is 0 Å². The van der Waals surface area contributed by atoms with E-state index in [1.807, 2.05) is 6.07 Å². The third kappa shape index (κ3) is 1.20. The molecular weight excluding hydrogens is 148 g/mol. The van der Waals surface area contributed by atoms with Gasteiger partial charge in [0.05, 0.1) is 7.11 Å². The number of rotatable bonds is 2. The number of hydrogen-bond acceptors (Lipinski definition) is 1. The van der Waals surface area contributed by atoms with E-state index >= 15 is 0 Å². The van der Waals surface area contributed by atoms with Gasteiger partial charge in [-0.3, -0.25) is 0 Å². The molecule has 0 aliphatic heterocycles. The first-order chi connectivity index (χ1) is 5.83. The Kier molecular flexibility index (Phi) is 1.80. The second kappa shape index (κ2) is 2.81. The van der Waals surface area contributed by atoms with E-state index in [4.69, 9.17) is 4.74 Å². The molecule has 1 saturated carbocycles. The Morgan fingerprint density at radius 2 is 2.08 bits per heavy atom. The molecule has 1 aliphatic rings. The molecule has 0 N–H and O–H groups in total. The van der Waals surface area contributed by atoms with Gasteiger partial charge in [0, 0.05) is 0 Å². The van der Waals surface area contributed by atoms with Gasteiger partial charge in [-0.25, -0.2) is 0 Å². The van der Waals surface area contributed by atoms with Gasteiger partial charge in [0.15, 0.2) is 0 Å². The summed E-state index contributed by atoms with van der Waals surface area (Å²) in [5, 5.41) is 0. The Hall–Kier alpha value is -0.980. The maximum absolute atomic E-state index is 5.26. The average Bonchev–Trinajstić information content (AvgIpc) is 2.88. The highest BCUT2D eigenvalue weighted by Crippen LogP contribution is 2.43. The molecule has 0 unspecified atom stereocenters. The molecule has 0 saturated heterocycles. The van der Waals surface area contributed by atoms with Crippen LogP contribution in [0.5, 0.6) is 5.75 Å². The summed E-state index contributed by atoms with van der Waals surface area (Å²) < 4.78 is 5.26. The third-order valence-corrected chi connectivity index (χ3v) is 2.56. The van der Waals surface area contributed by atoms with Crippen molar-refractivity contribution in [3.8, 4) is 5.75 Å². The first-order valence-corrected chi connectivity index (χ1v) is 4.46. The summed E-state index contributed by atoms with van der Waals surface area (Å²) in [4.78, 5) is 0. The quantitative estimate of drug-likeness (QED) is 0.649. The fourth-order valence-electron chi connectivity index (χ4n) is 1.69. The minimum Gasteiger partial charge on any atom is -0.496 e. The highest BCUT2D eigenvalue weighted by atomic mass is 16.5. The summed E-state index contributed by atoms with van der Waals surface area (Å²) in [6, 6.07) is 6.33. The van der Waals surface area contributed by atoms with Gasteiger partial charge >= 0.3 is 0 Å². The maximum atomic E-state index is 5.26. The number of methoxy groups -OCH3 is 1. The average molecular weight is 162 g/mol. The Bertz CT molecular complexity index is 287. The molecule has 1 aromatic carbocycles. The predicted molar refractivity (Wildman–Crippen MR) is 49.7 cm³/mol. The molecular formula is C11H14O. The topological polar surface area (TPSA) is 9.23 Å². The van der Waals surface area contributed by atoms with E-state index in [1.54, 1.807) is 7.11 Å². The smallest absolute Gasteiger partial charge is 0.122 e. The standard InChI is InChI=1S/C11H14O/c1-8-10(9-6-7-9)4-3-5-11(8)12-2/h3-5,9H,6-7H2,1-2H3. The largest absolute Gasteiger partial charge is 0.496 e. The molecule has 0 bridgehead atoms. The van der Waals surface area contributed by atoms with Crippen molar-refractivity contribution in [1.82, 2.24) is 0 Å². The molecule has 0 radical (unpaired) electrons. The second-order valence-electron chi connectivity index (χ2n) is 3.45. The zero-order valence-corrected chi connectivity index (χ0v) is 7.63. The van der Waals surface area contributed by atoms with Crippen molar-refractivity contribution in [2.24, 2.45) is 0 Å². The van der Waals surface area contributed by atoms with Crippen LogP contribution in [-0.2, 0) is 0 Å². The lowest BCUT2D eigenvalue weighted by Crippen LogP contribution is -1.91. The summed E-state index contributed by atoms with van der Waals surface area (Å²) in [5.41, 5.74) is 2.80. The van der Waals surface area contributed by atoms with Gasteiger partial charge in [-0.1, -0.05) is 12.1 Å². The van der Waals surface area contributed by atoms with Crippen molar-refractivity contribution in [1.29, 1.82) is 0 Å². The number of benzene rings is 1. The van der Waals surface area contributed by atoms with Crippen LogP contribution in [0, 0.1) is 6.92 Å². The van der Waals surface area contributed by atoms with E-state index in [-0.39, 0.29) is 0 Å². The van der Waals surface area contributed by atoms with Crippen LogP contribution < -0.4 is 4.74 Å². The Labute approximate surface area is 73.4 Å². The Morgan fingerprint density at radius 3 is 2.67 bits per heavy atom. The van der Waals surface area contributed by atoms with E-state index in [0.717, 1.165) is 11.7 Å². The van der Waals surface area contributed by atoms with Crippen LogP contribution in [0.25, 0.3) is 0 Å². The van der Waals surface area contributed by atoms with Crippen molar-refractivity contribution < 1.29 is 4.74 Å². The minimum absolute atomic E-state index is 0.820. The lowest BCUT2D eigenvalue weighted by molar-refractivity contribution is 0.411. The molecule has 2 rings (SSSR count). The van der Waals surface area contributed by atoms with Crippen LogP contribution in [0.3, 0.4) is 0 Å². The first kappa shape index (κ1) is 7.66. The van der Waals surface area contributed by atoms with Gasteiger partial charge in [0.25, 0.3) is 0 Å². The van der Waals surface area contributed by atoms with Crippen LogP contribution in [0.15, 0.2) is 18.2 Å². The lowest BCUT2D eigenvalue weighted by Gasteiger charge is -2.08. The maximum Gasteiger partial charge on any atom is 0.122 e. The van der Waals surface area contributed by atoms with Crippen molar-refractivity contribution in [2.75, 3.05) is 7.11 Å². The van der Waals surface area contributed by atoms with Gasteiger partial charge < -0.3 is 4.74 Å². The monoisotopic (exact) mass is 162 g/mol. The third-order valence-electron chi connectivity index (χ3n) is 2.56. The van der Waals surface area contributed by atoms with Crippen molar-refractivity contribution in [3.63, 3.8) is 0 Å². The summed E-state index contributed by atoms with van der Waals surface area (Å²) in [5.74, 6) is 1.85. The molecule has 0 aromatic heterocycles. The summed E-state index contributed by atoms with van der Waals surface area (Å²) in [7, 11) is 1.74. The predicted octanol–water partition coefficient (Wildman–Crippen LogP) is 2.88. The molecule has 1 aromatic rings.